The molecule has 2 rings (SSSR count). The van der Waals surface area contributed by atoms with E-state index in [9.17, 15) is 9.90 Å². The first-order valence-corrected chi connectivity index (χ1v) is 8.53. The summed E-state index contributed by atoms with van der Waals surface area (Å²) >= 11 is 2.95. The molecule has 1 aromatic carbocycles. The van der Waals surface area contributed by atoms with E-state index < -0.39 is 0 Å². The summed E-state index contributed by atoms with van der Waals surface area (Å²) in [7, 11) is 0. The van der Waals surface area contributed by atoms with Gasteiger partial charge >= 0.3 is 136 Å². The quantitative estimate of drug-likeness (QED) is 0.476. The molecule has 2 aromatic rings. The minimum atomic E-state index is -0.336. The van der Waals surface area contributed by atoms with Crippen LogP contribution < -0.4 is 0 Å². The van der Waals surface area contributed by atoms with Crippen molar-refractivity contribution in [3.8, 4) is 15.9 Å². The third-order valence-electron chi connectivity index (χ3n) is 2.67. The zero-order chi connectivity index (χ0) is 15.6. The van der Waals surface area contributed by atoms with Gasteiger partial charge in [-0.25, -0.2) is 0 Å². The van der Waals surface area contributed by atoms with E-state index in [2.05, 4.69) is 25.8 Å². The molecule has 1 N–H and O–H groups in total. The summed E-state index contributed by atoms with van der Waals surface area (Å²) in [6.45, 7) is 10.9. The molecule has 0 radical (unpaired) electrons. The summed E-state index contributed by atoms with van der Waals surface area (Å²) in [4.78, 5) is 19.5. The number of benzene rings is 1. The summed E-state index contributed by atoms with van der Waals surface area (Å²) in [6, 6.07) is 3.28. The van der Waals surface area contributed by atoms with Crippen LogP contribution in [0.4, 0.5) is 5.69 Å². The van der Waals surface area contributed by atoms with Crippen molar-refractivity contribution in [1.29, 1.82) is 0 Å². The molecule has 1 heterocycles. The molecule has 5 nitrogen and oxygen atoms in total. The second-order valence-corrected chi connectivity index (χ2v) is 7.04. The first-order chi connectivity index (χ1) is 9.97. The molecule has 1 aromatic heterocycles. The van der Waals surface area contributed by atoms with E-state index >= 15 is 0 Å². The van der Waals surface area contributed by atoms with Gasteiger partial charge in [-0.15, -0.1) is 0 Å². The number of aromatic hydroxyl groups is 1. The molecule has 0 aliphatic carbocycles. The van der Waals surface area contributed by atoms with Gasteiger partial charge in [-0.2, -0.15) is 0 Å². The van der Waals surface area contributed by atoms with Gasteiger partial charge in [0.25, 0.3) is 0 Å². The second kappa shape index (κ2) is 6.44. The summed E-state index contributed by atoms with van der Waals surface area (Å²) in [5, 5.41) is 9.75. The second-order valence-electron chi connectivity index (χ2n) is 4.09. The van der Waals surface area contributed by atoms with Gasteiger partial charge in [0.1, 0.15) is 0 Å². The fourth-order valence-electron chi connectivity index (χ4n) is 1.70. The van der Waals surface area contributed by atoms with Crippen LogP contribution in [-0.4, -0.2) is 37.2 Å². The van der Waals surface area contributed by atoms with E-state index in [1.807, 2.05) is 0 Å². The number of nitrogens with zero attached hydrogens (tertiary/aromatic N) is 2. The van der Waals surface area contributed by atoms with Gasteiger partial charge in [0.15, 0.2) is 0 Å². The number of aromatic nitrogens is 1. The van der Waals surface area contributed by atoms with Gasteiger partial charge in [-0.05, 0) is 0 Å². The Hall–Kier alpha value is -1.61. The molecule has 0 saturated heterocycles. The van der Waals surface area contributed by atoms with Crippen LogP contribution in [-0.2, 0) is 4.74 Å². The zero-order valence-electron chi connectivity index (χ0n) is 11.3. The van der Waals surface area contributed by atoms with Crippen LogP contribution in [0, 0.1) is 13.5 Å². The average Bonchev–Trinajstić information content (AvgIpc) is 2.84. The fourth-order valence-corrected chi connectivity index (χ4v) is 4.14. The van der Waals surface area contributed by atoms with Crippen LogP contribution >= 0.6 is 15.9 Å². The van der Waals surface area contributed by atoms with Crippen LogP contribution in [0.25, 0.3) is 15.0 Å². The molecule has 0 saturated carbocycles. The maximum atomic E-state index is 11.8. The minimum absolute atomic E-state index is 0.0878. The van der Waals surface area contributed by atoms with Gasteiger partial charge in [0.05, 0.1) is 0 Å². The Morgan fingerprint density at radius 1 is 1.57 bits per heavy atom. The molecule has 7 heteroatoms. The summed E-state index contributed by atoms with van der Waals surface area (Å²) in [6.07, 6.45) is 0. The molecule has 21 heavy (non-hydrogen) atoms. The Kier molecular flexibility index (Phi) is 4.84. The Bertz CT molecular complexity index is 749. The monoisotopic (exact) mass is 414 g/mol. The van der Waals surface area contributed by atoms with E-state index in [-0.39, 0.29) is 31.9 Å². The number of halogens is 1. The van der Waals surface area contributed by atoms with Crippen molar-refractivity contribution >= 4 is 42.1 Å². The molecule has 0 amide bonds. The number of ether oxygens (including phenoxy) is 1. The van der Waals surface area contributed by atoms with Crippen LogP contribution in [0.5, 0.6) is 5.75 Å². The van der Waals surface area contributed by atoms with Crippen LogP contribution in [0.2, 0.25) is 0 Å². The predicted octanol–water partition coefficient (Wildman–Crippen LogP) is 3.31. The number of esters is 1. The molecule has 0 spiro atoms. The van der Waals surface area contributed by atoms with Gasteiger partial charge in [-0.1, -0.05) is 0 Å². The van der Waals surface area contributed by atoms with Crippen molar-refractivity contribution in [1.82, 2.24) is 4.98 Å². The number of hydrogen-bond acceptors (Lipinski definition) is 4. The Morgan fingerprint density at radius 3 is 2.90 bits per heavy atom. The average molecular weight is 414 g/mol. The molecule has 108 valence electrons. The molecule has 0 bridgehead atoms. The Labute approximate surface area is 136 Å². The predicted molar refractivity (Wildman–Crippen MR) is 82.9 cm³/mol. The fraction of sp³-hybridized carbons (Fsp3) is 0.214. The van der Waals surface area contributed by atoms with Crippen LogP contribution in [0.1, 0.15) is 21.8 Å². The number of carbonyl (C=O) groups excluding carboxylic acids is 1. The van der Waals surface area contributed by atoms with Gasteiger partial charge < -0.3 is 0 Å². The molecule has 0 unspecified atom stereocenters. The van der Waals surface area contributed by atoms with Crippen molar-refractivity contribution in [3.63, 3.8) is 0 Å². The Morgan fingerprint density at radius 2 is 2.29 bits per heavy atom. The molecule has 0 aliphatic rings. The zero-order valence-corrected chi connectivity index (χ0v) is 14.6. The van der Waals surface area contributed by atoms with Crippen molar-refractivity contribution in [3.05, 3.63) is 38.2 Å². The van der Waals surface area contributed by atoms with Gasteiger partial charge in [0, 0.05) is 0 Å². The SMILES string of the molecule is [C-]#[N+]c1cc(-c2nc(C)c(C(=O)OCC)[se]2)cc(Br)c1O. The van der Waals surface area contributed by atoms with Gasteiger partial charge in [0.2, 0.25) is 0 Å². The van der Waals surface area contributed by atoms with Gasteiger partial charge in [-0.3, -0.25) is 0 Å². The van der Waals surface area contributed by atoms with E-state index in [0.29, 0.717) is 21.2 Å². The number of hydrogen-bond donors (Lipinski definition) is 1. The van der Waals surface area contributed by atoms with Crippen molar-refractivity contribution in [2.75, 3.05) is 6.61 Å². The molecule has 0 atom stereocenters. The number of rotatable bonds is 3. The summed E-state index contributed by atoms with van der Waals surface area (Å²) in [5.41, 5.74) is 1.53. The van der Waals surface area contributed by atoms with Crippen LogP contribution in [0.3, 0.4) is 0 Å². The van der Waals surface area contributed by atoms with E-state index in [0.717, 1.165) is 10.1 Å². The number of phenols is 1. The standard InChI is InChI=1S/C14H11BrN2O3Se/c1-4-20-14(19)12-7(2)17-13(21-12)8-5-9(15)11(18)10(6-8)16-3/h5-6,18H,4H2,1-2H3. The van der Waals surface area contributed by atoms with Crippen molar-refractivity contribution in [2.24, 2.45) is 0 Å². The maximum absolute atomic E-state index is 11.8. The normalized spacial score (nSPS) is 10.2. The van der Waals surface area contributed by atoms with E-state index in [4.69, 9.17) is 11.3 Å². The molecule has 0 aliphatic heterocycles. The Balaban J connectivity index is 2.49. The topological polar surface area (TPSA) is 63.8 Å². The van der Waals surface area contributed by atoms with E-state index in [1.54, 1.807) is 26.0 Å². The molecular formula is C14H11BrN2O3Se. The number of phenolic OH excluding ortho intramolecular Hbond substituents is 1. The van der Waals surface area contributed by atoms with Crippen molar-refractivity contribution in [2.45, 2.75) is 13.8 Å². The van der Waals surface area contributed by atoms with Crippen LogP contribution in [0.15, 0.2) is 16.6 Å². The third-order valence-corrected chi connectivity index (χ3v) is 5.76. The third kappa shape index (κ3) is 3.18. The molecule has 0 fully saturated rings. The summed E-state index contributed by atoms with van der Waals surface area (Å²) < 4.78 is 6.79. The first-order valence-electron chi connectivity index (χ1n) is 6.02. The molecular weight excluding hydrogens is 403 g/mol. The number of carbonyl (C=O) groups is 1. The van der Waals surface area contributed by atoms with E-state index in [1.165, 1.54) is 0 Å². The first kappa shape index (κ1) is 15.8. The number of aryl methyl sites for hydroxylation is 1. The van der Waals surface area contributed by atoms with Crippen molar-refractivity contribution < 1.29 is 14.6 Å². The summed E-state index contributed by atoms with van der Waals surface area (Å²) in [5.74, 6) is -0.424.